The first-order chi connectivity index (χ1) is 7.70. The average Bonchev–Trinajstić information content (AvgIpc) is 2.67. The SMILES string of the molecule is CCC(Oc1cc2n(n1)CCCC2)C(=O)O. The van der Waals surface area contributed by atoms with Gasteiger partial charge in [0, 0.05) is 18.3 Å². The number of aliphatic carboxylic acids is 1. The average molecular weight is 224 g/mol. The normalized spacial score (nSPS) is 16.6. The molecule has 16 heavy (non-hydrogen) atoms. The molecule has 0 fully saturated rings. The van der Waals surface area contributed by atoms with E-state index in [2.05, 4.69) is 5.10 Å². The molecular formula is C11H16N2O3. The van der Waals surface area contributed by atoms with Crippen molar-refractivity contribution in [2.75, 3.05) is 0 Å². The van der Waals surface area contributed by atoms with E-state index < -0.39 is 12.1 Å². The van der Waals surface area contributed by atoms with Crippen molar-refractivity contribution in [2.45, 2.75) is 45.3 Å². The predicted octanol–water partition coefficient (Wildman–Crippen LogP) is 1.46. The number of rotatable bonds is 4. The molecule has 1 aliphatic rings. The summed E-state index contributed by atoms with van der Waals surface area (Å²) in [5, 5.41) is 13.1. The molecule has 0 saturated carbocycles. The van der Waals surface area contributed by atoms with Crippen LogP contribution in [0.25, 0.3) is 0 Å². The third-order valence-electron chi connectivity index (χ3n) is 2.80. The third kappa shape index (κ3) is 2.18. The van der Waals surface area contributed by atoms with Crippen LogP contribution in [0.5, 0.6) is 5.88 Å². The summed E-state index contributed by atoms with van der Waals surface area (Å²) >= 11 is 0. The summed E-state index contributed by atoms with van der Waals surface area (Å²) < 4.78 is 7.26. The lowest BCUT2D eigenvalue weighted by molar-refractivity contribution is -0.145. The largest absolute Gasteiger partial charge is 0.479 e. The Labute approximate surface area is 94.0 Å². The van der Waals surface area contributed by atoms with Gasteiger partial charge in [-0.2, -0.15) is 0 Å². The lowest BCUT2D eigenvalue weighted by atomic mass is 10.1. The van der Waals surface area contributed by atoms with Crippen LogP contribution < -0.4 is 4.74 Å². The molecule has 5 nitrogen and oxygen atoms in total. The fourth-order valence-corrected chi connectivity index (χ4v) is 1.90. The molecule has 1 aromatic heterocycles. The van der Waals surface area contributed by atoms with Crippen molar-refractivity contribution < 1.29 is 14.6 Å². The highest BCUT2D eigenvalue weighted by molar-refractivity contribution is 5.72. The maximum Gasteiger partial charge on any atom is 0.344 e. The lowest BCUT2D eigenvalue weighted by Gasteiger charge is -2.11. The standard InChI is InChI=1S/C11H16N2O3/c1-2-9(11(14)15)16-10-7-8-5-3-4-6-13(8)12-10/h7,9H,2-6H2,1H3,(H,14,15). The smallest absolute Gasteiger partial charge is 0.344 e. The molecule has 1 atom stereocenters. The number of aromatic nitrogens is 2. The quantitative estimate of drug-likeness (QED) is 0.841. The Morgan fingerprint density at radius 2 is 2.50 bits per heavy atom. The van der Waals surface area contributed by atoms with Crippen LogP contribution in [-0.4, -0.2) is 27.0 Å². The molecule has 0 aliphatic carbocycles. The fourth-order valence-electron chi connectivity index (χ4n) is 1.90. The van der Waals surface area contributed by atoms with Crippen LogP contribution in [0.1, 0.15) is 31.9 Å². The van der Waals surface area contributed by atoms with Crippen molar-refractivity contribution in [1.82, 2.24) is 9.78 Å². The van der Waals surface area contributed by atoms with Crippen LogP contribution >= 0.6 is 0 Å². The number of aryl methyl sites for hydroxylation is 2. The van der Waals surface area contributed by atoms with Gasteiger partial charge < -0.3 is 9.84 Å². The molecule has 2 heterocycles. The maximum atomic E-state index is 10.8. The molecule has 0 aromatic carbocycles. The Kier molecular flexibility index (Phi) is 3.12. The van der Waals surface area contributed by atoms with E-state index in [1.165, 1.54) is 6.42 Å². The summed E-state index contributed by atoms with van der Waals surface area (Å²) in [6.07, 6.45) is 2.94. The second-order valence-electron chi connectivity index (χ2n) is 4.01. The summed E-state index contributed by atoms with van der Waals surface area (Å²) in [5.41, 5.74) is 1.14. The van der Waals surface area contributed by atoms with E-state index in [0.717, 1.165) is 25.1 Å². The molecular weight excluding hydrogens is 208 g/mol. The molecule has 0 amide bonds. The van der Waals surface area contributed by atoms with Crippen LogP contribution in [0, 0.1) is 0 Å². The van der Waals surface area contributed by atoms with Gasteiger partial charge in [-0.1, -0.05) is 6.92 Å². The van der Waals surface area contributed by atoms with E-state index in [-0.39, 0.29) is 0 Å². The van der Waals surface area contributed by atoms with Gasteiger partial charge in [0.2, 0.25) is 5.88 Å². The van der Waals surface area contributed by atoms with Gasteiger partial charge in [-0.3, -0.25) is 4.68 Å². The zero-order chi connectivity index (χ0) is 11.5. The van der Waals surface area contributed by atoms with Crippen LogP contribution in [0.2, 0.25) is 0 Å². The molecule has 0 radical (unpaired) electrons. The highest BCUT2D eigenvalue weighted by Crippen LogP contribution is 2.20. The van der Waals surface area contributed by atoms with E-state index in [9.17, 15) is 4.79 Å². The minimum atomic E-state index is -0.937. The summed E-state index contributed by atoms with van der Waals surface area (Å²) in [4.78, 5) is 10.8. The van der Waals surface area contributed by atoms with Gasteiger partial charge >= 0.3 is 5.97 Å². The van der Waals surface area contributed by atoms with Crippen LogP contribution in [0.15, 0.2) is 6.07 Å². The topological polar surface area (TPSA) is 64.4 Å². The second kappa shape index (κ2) is 4.55. The molecule has 0 spiro atoms. The number of fused-ring (bicyclic) bond motifs is 1. The van der Waals surface area contributed by atoms with E-state index in [1.807, 2.05) is 10.7 Å². The van der Waals surface area contributed by atoms with Crippen molar-refractivity contribution in [3.63, 3.8) is 0 Å². The number of hydrogen-bond acceptors (Lipinski definition) is 3. The minimum Gasteiger partial charge on any atom is -0.479 e. The van der Waals surface area contributed by atoms with Crippen molar-refractivity contribution >= 4 is 5.97 Å². The minimum absolute atomic E-state index is 0.436. The number of nitrogens with zero attached hydrogens (tertiary/aromatic N) is 2. The van der Waals surface area contributed by atoms with Gasteiger partial charge in [0.15, 0.2) is 6.10 Å². The zero-order valence-electron chi connectivity index (χ0n) is 9.35. The zero-order valence-corrected chi connectivity index (χ0v) is 9.35. The Morgan fingerprint density at radius 3 is 3.12 bits per heavy atom. The third-order valence-corrected chi connectivity index (χ3v) is 2.80. The summed E-state index contributed by atoms with van der Waals surface area (Å²) in [6.45, 7) is 2.69. The Bertz CT molecular complexity index is 363. The Hall–Kier alpha value is -1.52. The number of carboxylic acids is 1. The first-order valence-electron chi connectivity index (χ1n) is 5.67. The first kappa shape index (κ1) is 11.0. The van der Waals surface area contributed by atoms with Gasteiger partial charge in [0.05, 0.1) is 0 Å². The summed E-state index contributed by atoms with van der Waals surface area (Å²) in [7, 11) is 0. The van der Waals surface area contributed by atoms with Crippen LogP contribution in [0.3, 0.4) is 0 Å². The van der Waals surface area contributed by atoms with Gasteiger partial charge in [0.1, 0.15) is 0 Å². The molecule has 1 unspecified atom stereocenters. The van der Waals surface area contributed by atoms with E-state index in [0.29, 0.717) is 12.3 Å². The highest BCUT2D eigenvalue weighted by Gasteiger charge is 2.20. The molecule has 2 rings (SSSR count). The van der Waals surface area contributed by atoms with Gasteiger partial charge in [-0.15, -0.1) is 5.10 Å². The van der Waals surface area contributed by atoms with Gasteiger partial charge in [-0.25, -0.2) is 4.79 Å². The molecule has 1 N–H and O–H groups in total. The number of carboxylic acid groups (broad SMARTS) is 1. The highest BCUT2D eigenvalue weighted by atomic mass is 16.5. The predicted molar refractivity (Wildman–Crippen MR) is 57.5 cm³/mol. The van der Waals surface area contributed by atoms with Crippen molar-refractivity contribution in [1.29, 1.82) is 0 Å². The summed E-state index contributed by atoms with van der Waals surface area (Å²) in [5.74, 6) is -0.500. The second-order valence-corrected chi connectivity index (χ2v) is 4.01. The monoisotopic (exact) mass is 224 g/mol. The fraction of sp³-hybridized carbons (Fsp3) is 0.636. The van der Waals surface area contributed by atoms with Crippen LogP contribution in [-0.2, 0) is 17.8 Å². The number of carbonyl (C=O) groups is 1. The maximum absolute atomic E-state index is 10.8. The number of ether oxygens (including phenoxy) is 1. The van der Waals surface area contributed by atoms with Crippen molar-refractivity contribution in [3.8, 4) is 5.88 Å². The first-order valence-corrected chi connectivity index (χ1v) is 5.67. The molecule has 1 aromatic rings. The Balaban J connectivity index is 2.09. The lowest BCUT2D eigenvalue weighted by Crippen LogP contribution is -2.26. The molecule has 5 heteroatoms. The van der Waals surface area contributed by atoms with E-state index in [4.69, 9.17) is 9.84 Å². The van der Waals surface area contributed by atoms with Crippen molar-refractivity contribution in [3.05, 3.63) is 11.8 Å². The van der Waals surface area contributed by atoms with E-state index in [1.54, 1.807) is 6.92 Å². The van der Waals surface area contributed by atoms with E-state index >= 15 is 0 Å². The molecule has 0 saturated heterocycles. The Morgan fingerprint density at radius 1 is 1.69 bits per heavy atom. The number of hydrogen-bond donors (Lipinski definition) is 1. The summed E-state index contributed by atoms with van der Waals surface area (Å²) in [6, 6.07) is 1.85. The van der Waals surface area contributed by atoms with Gasteiger partial charge in [0.25, 0.3) is 0 Å². The van der Waals surface area contributed by atoms with Crippen molar-refractivity contribution in [2.24, 2.45) is 0 Å². The van der Waals surface area contributed by atoms with Crippen LogP contribution in [0.4, 0.5) is 0 Å². The molecule has 0 bridgehead atoms. The van der Waals surface area contributed by atoms with Gasteiger partial charge in [-0.05, 0) is 25.7 Å². The molecule has 88 valence electrons. The molecule has 1 aliphatic heterocycles.